The van der Waals surface area contributed by atoms with Gasteiger partial charge in [0.15, 0.2) is 0 Å². The molecule has 2 aromatic rings. The van der Waals surface area contributed by atoms with Gasteiger partial charge in [0.05, 0.1) is 25.4 Å². The van der Waals surface area contributed by atoms with Crippen molar-refractivity contribution in [2.24, 2.45) is 5.92 Å². The lowest BCUT2D eigenvalue weighted by atomic mass is 9.99. The second-order valence-electron chi connectivity index (χ2n) is 8.09. The average Bonchev–Trinajstić information content (AvgIpc) is 2.70. The minimum absolute atomic E-state index is 0.283. The van der Waals surface area contributed by atoms with E-state index in [1.165, 1.54) is 17.5 Å². The Bertz CT molecular complexity index is 855. The van der Waals surface area contributed by atoms with Crippen molar-refractivity contribution in [3.63, 3.8) is 0 Å². The molecule has 2 N–H and O–H groups in total. The van der Waals surface area contributed by atoms with Gasteiger partial charge in [-0.25, -0.2) is 9.97 Å². The van der Waals surface area contributed by atoms with Crippen LogP contribution < -0.4 is 5.32 Å². The quantitative estimate of drug-likeness (QED) is 0.731. The van der Waals surface area contributed by atoms with Crippen LogP contribution in [0.3, 0.4) is 0 Å². The predicted molar refractivity (Wildman–Crippen MR) is 108 cm³/mol. The molecule has 1 amide bonds. The van der Waals surface area contributed by atoms with E-state index in [-0.39, 0.29) is 11.9 Å². The molecule has 154 valence electrons. The van der Waals surface area contributed by atoms with Gasteiger partial charge in [-0.1, -0.05) is 24.3 Å². The van der Waals surface area contributed by atoms with Crippen LogP contribution in [0.2, 0.25) is 0 Å². The van der Waals surface area contributed by atoms with Crippen molar-refractivity contribution in [2.45, 2.75) is 38.5 Å². The molecule has 7 heteroatoms. The topological polar surface area (TPSA) is 87.6 Å². The Balaban J connectivity index is 1.30. The van der Waals surface area contributed by atoms with E-state index >= 15 is 0 Å². The predicted octanol–water partition coefficient (Wildman–Crippen LogP) is 1.20. The summed E-state index contributed by atoms with van der Waals surface area (Å²) in [5.41, 5.74) is 3.88. The van der Waals surface area contributed by atoms with Crippen LogP contribution in [0.5, 0.6) is 0 Å². The standard InChI is InChI=1S/C22H28N4O3/c1-15(21(27)11-26-7-6-17-4-2-3-5-18(17)10-26)25-22(28)20-9-19(23-14-24-20)8-16-12-29-13-16/h2-5,9,14-16,21,27H,6-8,10-13H2,1H3,(H,25,28)/t15?,21-/m1/s1. The fraction of sp³-hybridized carbons (Fsp3) is 0.500. The molecular formula is C22H28N4O3. The van der Waals surface area contributed by atoms with Crippen LogP contribution in [0.25, 0.3) is 0 Å². The molecule has 4 rings (SSSR count). The molecule has 2 aliphatic heterocycles. The molecule has 1 unspecified atom stereocenters. The number of amides is 1. The molecule has 1 saturated heterocycles. The summed E-state index contributed by atoms with van der Waals surface area (Å²) in [5, 5.41) is 13.5. The Hall–Kier alpha value is -2.35. The van der Waals surface area contributed by atoms with Crippen LogP contribution in [0, 0.1) is 5.92 Å². The maximum atomic E-state index is 12.6. The van der Waals surface area contributed by atoms with Crippen molar-refractivity contribution in [2.75, 3.05) is 26.3 Å². The van der Waals surface area contributed by atoms with E-state index in [2.05, 4.69) is 44.5 Å². The van der Waals surface area contributed by atoms with E-state index in [1.54, 1.807) is 6.07 Å². The zero-order chi connectivity index (χ0) is 20.2. The Morgan fingerprint density at radius 2 is 2.10 bits per heavy atom. The Morgan fingerprint density at radius 3 is 2.86 bits per heavy atom. The highest BCUT2D eigenvalue weighted by Gasteiger charge is 2.24. The third-order valence-corrected chi connectivity index (χ3v) is 5.75. The molecule has 0 spiro atoms. The summed E-state index contributed by atoms with van der Waals surface area (Å²) in [7, 11) is 0. The van der Waals surface area contributed by atoms with E-state index in [0.29, 0.717) is 18.2 Å². The summed E-state index contributed by atoms with van der Waals surface area (Å²) in [6, 6.07) is 9.78. The van der Waals surface area contributed by atoms with Gasteiger partial charge in [0.2, 0.25) is 0 Å². The van der Waals surface area contributed by atoms with Gasteiger partial charge in [0.25, 0.3) is 5.91 Å². The number of benzene rings is 1. The summed E-state index contributed by atoms with van der Waals surface area (Å²) in [6.45, 7) is 5.58. The van der Waals surface area contributed by atoms with Crippen LogP contribution >= 0.6 is 0 Å². The number of nitrogens with one attached hydrogen (secondary N) is 1. The second kappa shape index (κ2) is 8.98. The number of rotatable bonds is 7. The molecule has 29 heavy (non-hydrogen) atoms. The number of nitrogens with zero attached hydrogens (tertiary/aromatic N) is 3. The van der Waals surface area contributed by atoms with Gasteiger partial charge in [0.1, 0.15) is 12.0 Å². The Morgan fingerprint density at radius 1 is 1.31 bits per heavy atom. The van der Waals surface area contributed by atoms with E-state index in [1.807, 2.05) is 6.92 Å². The van der Waals surface area contributed by atoms with Gasteiger partial charge in [-0.3, -0.25) is 9.69 Å². The number of hydrogen-bond acceptors (Lipinski definition) is 6. The molecule has 1 aromatic carbocycles. The molecule has 0 aliphatic carbocycles. The highest BCUT2D eigenvalue weighted by atomic mass is 16.5. The summed E-state index contributed by atoms with van der Waals surface area (Å²) >= 11 is 0. The maximum Gasteiger partial charge on any atom is 0.270 e. The zero-order valence-corrected chi connectivity index (χ0v) is 16.8. The number of aliphatic hydroxyl groups is 1. The largest absolute Gasteiger partial charge is 0.390 e. The molecular weight excluding hydrogens is 368 g/mol. The van der Waals surface area contributed by atoms with E-state index in [0.717, 1.165) is 44.8 Å². The number of carbonyl (C=O) groups excluding carboxylic acids is 1. The molecule has 3 heterocycles. The number of aromatic nitrogens is 2. The normalized spacial score (nSPS) is 19.1. The third-order valence-electron chi connectivity index (χ3n) is 5.75. The van der Waals surface area contributed by atoms with Crippen molar-refractivity contribution in [1.82, 2.24) is 20.2 Å². The van der Waals surface area contributed by atoms with Crippen LogP contribution in [0.4, 0.5) is 0 Å². The van der Waals surface area contributed by atoms with Crippen molar-refractivity contribution in [1.29, 1.82) is 0 Å². The van der Waals surface area contributed by atoms with Gasteiger partial charge >= 0.3 is 0 Å². The second-order valence-corrected chi connectivity index (χ2v) is 8.09. The fourth-order valence-electron chi connectivity index (χ4n) is 3.84. The van der Waals surface area contributed by atoms with Crippen molar-refractivity contribution in [3.05, 3.63) is 59.2 Å². The van der Waals surface area contributed by atoms with E-state index in [4.69, 9.17) is 4.74 Å². The molecule has 2 atom stereocenters. The summed E-state index contributed by atoms with van der Waals surface area (Å²) in [4.78, 5) is 23.2. The first-order valence-corrected chi connectivity index (χ1v) is 10.2. The van der Waals surface area contributed by atoms with E-state index < -0.39 is 6.10 Å². The minimum Gasteiger partial charge on any atom is -0.390 e. The van der Waals surface area contributed by atoms with Gasteiger partial charge < -0.3 is 15.2 Å². The molecule has 1 aromatic heterocycles. The van der Waals surface area contributed by atoms with E-state index in [9.17, 15) is 9.90 Å². The first-order valence-electron chi connectivity index (χ1n) is 10.2. The molecule has 0 bridgehead atoms. The average molecular weight is 396 g/mol. The van der Waals surface area contributed by atoms with Crippen molar-refractivity contribution < 1.29 is 14.6 Å². The van der Waals surface area contributed by atoms with Crippen LogP contribution in [0.1, 0.15) is 34.2 Å². The van der Waals surface area contributed by atoms with Gasteiger partial charge in [0, 0.05) is 31.2 Å². The number of hydrogen-bond donors (Lipinski definition) is 2. The Labute approximate surface area is 171 Å². The number of aliphatic hydroxyl groups excluding tert-OH is 1. The fourth-order valence-corrected chi connectivity index (χ4v) is 3.84. The minimum atomic E-state index is -0.655. The lowest BCUT2D eigenvalue weighted by Crippen LogP contribution is -2.47. The first kappa shape index (κ1) is 19.9. The van der Waals surface area contributed by atoms with Crippen molar-refractivity contribution in [3.8, 4) is 0 Å². The number of ether oxygens (including phenoxy) is 1. The smallest absolute Gasteiger partial charge is 0.270 e. The summed E-state index contributed by atoms with van der Waals surface area (Å²) < 4.78 is 5.19. The lowest BCUT2D eigenvalue weighted by molar-refractivity contribution is -0.0316. The Kier molecular flexibility index (Phi) is 6.18. The lowest BCUT2D eigenvalue weighted by Gasteiger charge is -2.32. The number of fused-ring (bicyclic) bond motifs is 1. The van der Waals surface area contributed by atoms with Gasteiger partial charge in [-0.05, 0) is 37.0 Å². The molecule has 1 fully saturated rings. The van der Waals surface area contributed by atoms with Gasteiger partial charge in [-0.2, -0.15) is 0 Å². The van der Waals surface area contributed by atoms with Crippen LogP contribution in [0.15, 0.2) is 36.7 Å². The number of β-amino-alcohol motifs (C(OH)–C–C–N with tert-alkyl or cyclic N) is 1. The molecule has 2 aliphatic rings. The number of carbonyl (C=O) groups is 1. The molecule has 0 saturated carbocycles. The monoisotopic (exact) mass is 396 g/mol. The van der Waals surface area contributed by atoms with Crippen LogP contribution in [-0.4, -0.2) is 64.3 Å². The van der Waals surface area contributed by atoms with Crippen molar-refractivity contribution >= 4 is 5.91 Å². The van der Waals surface area contributed by atoms with Crippen LogP contribution in [-0.2, 0) is 24.1 Å². The summed E-state index contributed by atoms with van der Waals surface area (Å²) in [6.07, 6.45) is 2.55. The van der Waals surface area contributed by atoms with Gasteiger partial charge in [-0.15, -0.1) is 0 Å². The SMILES string of the molecule is CC(NC(=O)c1cc(CC2COC2)ncn1)[C@H](O)CN1CCc2ccccc2C1. The molecule has 0 radical (unpaired) electrons. The highest BCUT2D eigenvalue weighted by Crippen LogP contribution is 2.19. The molecule has 7 nitrogen and oxygen atoms in total. The summed E-state index contributed by atoms with van der Waals surface area (Å²) in [5.74, 6) is 0.185. The highest BCUT2D eigenvalue weighted by molar-refractivity contribution is 5.92. The third kappa shape index (κ3) is 4.98. The first-order chi connectivity index (χ1) is 14.1. The maximum absolute atomic E-state index is 12.6. The zero-order valence-electron chi connectivity index (χ0n) is 16.8.